The maximum Gasteiger partial charge on any atom is 0.338 e. The summed E-state index contributed by atoms with van der Waals surface area (Å²) in [5.74, 6) is -0.138. The van der Waals surface area contributed by atoms with Crippen LogP contribution >= 0.6 is 0 Å². The molecular formula is C21H23N3O5S. The van der Waals surface area contributed by atoms with Gasteiger partial charge in [-0.05, 0) is 25.1 Å². The number of sulfonamides is 1. The van der Waals surface area contributed by atoms with E-state index >= 15 is 0 Å². The molecule has 0 aliphatic carbocycles. The number of nitrogens with zero attached hydrogens (tertiary/aromatic N) is 3. The van der Waals surface area contributed by atoms with Crippen molar-refractivity contribution in [3.8, 4) is 11.4 Å². The monoisotopic (exact) mass is 429 g/mol. The molecule has 0 N–H and O–H groups in total. The fourth-order valence-electron chi connectivity index (χ4n) is 2.84. The van der Waals surface area contributed by atoms with E-state index in [4.69, 9.17) is 9.26 Å². The van der Waals surface area contributed by atoms with Crippen molar-refractivity contribution in [2.75, 3.05) is 13.1 Å². The van der Waals surface area contributed by atoms with E-state index in [-0.39, 0.29) is 23.0 Å². The van der Waals surface area contributed by atoms with Gasteiger partial charge >= 0.3 is 5.97 Å². The molecule has 0 unspecified atom stereocenters. The highest BCUT2D eigenvalue weighted by Crippen LogP contribution is 2.19. The van der Waals surface area contributed by atoms with Gasteiger partial charge in [-0.15, -0.1) is 0 Å². The summed E-state index contributed by atoms with van der Waals surface area (Å²) < 4.78 is 37.0. The van der Waals surface area contributed by atoms with Crippen LogP contribution in [0.15, 0.2) is 57.9 Å². The van der Waals surface area contributed by atoms with Gasteiger partial charge in [-0.2, -0.15) is 9.29 Å². The Hall–Kier alpha value is -3.04. The van der Waals surface area contributed by atoms with Crippen molar-refractivity contribution in [2.24, 2.45) is 0 Å². The lowest BCUT2D eigenvalue weighted by atomic mass is 10.1. The van der Waals surface area contributed by atoms with E-state index in [1.807, 2.05) is 31.2 Å². The number of aryl methyl sites for hydroxylation is 1. The molecule has 1 heterocycles. The van der Waals surface area contributed by atoms with Crippen molar-refractivity contribution in [3.05, 3.63) is 65.5 Å². The van der Waals surface area contributed by atoms with E-state index in [9.17, 15) is 13.2 Å². The summed E-state index contributed by atoms with van der Waals surface area (Å²) in [7, 11) is -3.67. The lowest BCUT2D eigenvalue weighted by molar-refractivity contribution is 0.0429. The van der Waals surface area contributed by atoms with E-state index in [1.165, 1.54) is 28.6 Å². The quantitative estimate of drug-likeness (QED) is 0.505. The average molecular weight is 429 g/mol. The first kappa shape index (κ1) is 21.7. The third kappa shape index (κ3) is 4.74. The van der Waals surface area contributed by atoms with Crippen LogP contribution in [0.25, 0.3) is 11.4 Å². The van der Waals surface area contributed by atoms with E-state index in [0.29, 0.717) is 18.9 Å². The molecule has 0 fully saturated rings. The zero-order chi connectivity index (χ0) is 21.7. The van der Waals surface area contributed by atoms with Crippen molar-refractivity contribution in [1.29, 1.82) is 0 Å². The Morgan fingerprint density at radius 2 is 1.80 bits per heavy atom. The molecule has 2 aromatic carbocycles. The Balaban J connectivity index is 1.69. The SMILES string of the molecule is CCN(CC)S(=O)(=O)c1cccc(C(=O)OCc2nc(-c3ccc(C)cc3)no2)c1. The minimum Gasteiger partial charge on any atom is -0.452 e. The lowest BCUT2D eigenvalue weighted by Crippen LogP contribution is -2.30. The summed E-state index contributed by atoms with van der Waals surface area (Å²) in [5.41, 5.74) is 2.03. The molecule has 0 radical (unpaired) electrons. The molecule has 30 heavy (non-hydrogen) atoms. The first-order chi connectivity index (χ1) is 14.3. The predicted octanol–water partition coefficient (Wildman–Crippen LogP) is 3.43. The highest BCUT2D eigenvalue weighted by atomic mass is 32.2. The molecule has 0 saturated carbocycles. The van der Waals surface area contributed by atoms with Crippen LogP contribution in [0, 0.1) is 6.92 Å². The Labute approximate surface area is 175 Å². The number of esters is 1. The molecule has 0 amide bonds. The number of aromatic nitrogens is 2. The van der Waals surface area contributed by atoms with Gasteiger partial charge in [0.2, 0.25) is 15.8 Å². The molecule has 8 nitrogen and oxygen atoms in total. The molecule has 3 aromatic rings. The second-order valence-corrected chi connectivity index (χ2v) is 8.51. The van der Waals surface area contributed by atoms with Gasteiger partial charge in [-0.1, -0.05) is 54.9 Å². The van der Waals surface area contributed by atoms with E-state index in [2.05, 4.69) is 10.1 Å². The zero-order valence-electron chi connectivity index (χ0n) is 17.0. The van der Waals surface area contributed by atoms with Crippen molar-refractivity contribution < 1.29 is 22.5 Å². The summed E-state index contributed by atoms with van der Waals surface area (Å²) in [6.07, 6.45) is 0. The van der Waals surface area contributed by atoms with Crippen LogP contribution in [0.5, 0.6) is 0 Å². The van der Waals surface area contributed by atoms with Crippen LogP contribution in [-0.2, 0) is 21.4 Å². The number of rotatable bonds is 8. The molecule has 158 valence electrons. The summed E-state index contributed by atoms with van der Waals surface area (Å²) in [4.78, 5) is 16.7. The van der Waals surface area contributed by atoms with Gasteiger partial charge in [-0.3, -0.25) is 0 Å². The number of carbonyl (C=O) groups is 1. The van der Waals surface area contributed by atoms with Gasteiger partial charge in [0.25, 0.3) is 5.89 Å². The molecule has 0 bridgehead atoms. The standard InChI is InChI=1S/C21H23N3O5S/c1-4-24(5-2)30(26,27)18-8-6-7-17(13-18)21(25)28-14-19-22-20(23-29-19)16-11-9-15(3)10-12-16/h6-13H,4-5,14H2,1-3H3. The lowest BCUT2D eigenvalue weighted by Gasteiger charge is -2.18. The topological polar surface area (TPSA) is 103 Å². The van der Waals surface area contributed by atoms with E-state index in [1.54, 1.807) is 13.8 Å². The molecule has 1 aromatic heterocycles. The molecule has 0 aliphatic heterocycles. The highest BCUT2D eigenvalue weighted by Gasteiger charge is 2.23. The van der Waals surface area contributed by atoms with Gasteiger partial charge < -0.3 is 9.26 Å². The minimum absolute atomic E-state index is 0.0418. The highest BCUT2D eigenvalue weighted by molar-refractivity contribution is 7.89. The van der Waals surface area contributed by atoms with Gasteiger partial charge in [0.05, 0.1) is 10.5 Å². The predicted molar refractivity (Wildman–Crippen MR) is 110 cm³/mol. The van der Waals surface area contributed by atoms with Crippen LogP contribution in [0.1, 0.15) is 35.7 Å². The van der Waals surface area contributed by atoms with E-state index < -0.39 is 16.0 Å². The molecule has 3 rings (SSSR count). The van der Waals surface area contributed by atoms with Crippen LogP contribution in [0.4, 0.5) is 0 Å². The summed E-state index contributed by atoms with van der Waals surface area (Å²) in [5, 5.41) is 3.89. The second-order valence-electron chi connectivity index (χ2n) is 6.57. The largest absolute Gasteiger partial charge is 0.452 e. The molecule has 0 saturated heterocycles. The Bertz CT molecular complexity index is 1120. The number of ether oxygens (including phenoxy) is 1. The van der Waals surface area contributed by atoms with Crippen molar-refractivity contribution >= 4 is 16.0 Å². The molecular weight excluding hydrogens is 406 g/mol. The van der Waals surface area contributed by atoms with Crippen molar-refractivity contribution in [2.45, 2.75) is 32.3 Å². The average Bonchev–Trinajstić information content (AvgIpc) is 3.22. The maximum absolute atomic E-state index is 12.6. The Morgan fingerprint density at radius 3 is 2.47 bits per heavy atom. The normalized spacial score (nSPS) is 11.6. The van der Waals surface area contributed by atoms with Crippen LogP contribution < -0.4 is 0 Å². The van der Waals surface area contributed by atoms with Crippen molar-refractivity contribution in [3.63, 3.8) is 0 Å². The summed E-state index contributed by atoms with van der Waals surface area (Å²) in [6, 6.07) is 13.4. The van der Waals surface area contributed by atoms with Crippen LogP contribution in [0.2, 0.25) is 0 Å². The molecule has 0 atom stereocenters. The zero-order valence-corrected chi connectivity index (χ0v) is 17.8. The third-order valence-corrected chi connectivity index (χ3v) is 6.56. The number of benzene rings is 2. The second kappa shape index (κ2) is 9.19. The number of carbonyl (C=O) groups excluding carboxylic acids is 1. The van der Waals surface area contributed by atoms with E-state index in [0.717, 1.165) is 11.1 Å². The van der Waals surface area contributed by atoms with Gasteiger partial charge in [-0.25, -0.2) is 13.2 Å². The Kier molecular flexibility index (Phi) is 6.63. The first-order valence-corrected chi connectivity index (χ1v) is 11.0. The summed E-state index contributed by atoms with van der Waals surface area (Å²) in [6.45, 7) is 5.96. The maximum atomic E-state index is 12.6. The van der Waals surface area contributed by atoms with Gasteiger partial charge in [0.15, 0.2) is 6.61 Å². The smallest absolute Gasteiger partial charge is 0.338 e. The summed E-state index contributed by atoms with van der Waals surface area (Å²) >= 11 is 0. The molecule has 9 heteroatoms. The fraction of sp³-hybridized carbons (Fsp3) is 0.286. The fourth-order valence-corrected chi connectivity index (χ4v) is 4.34. The van der Waals surface area contributed by atoms with Gasteiger partial charge in [0.1, 0.15) is 0 Å². The van der Waals surface area contributed by atoms with Crippen LogP contribution in [-0.4, -0.2) is 41.9 Å². The molecule has 0 spiro atoms. The molecule has 0 aliphatic rings. The minimum atomic E-state index is -3.67. The number of hydrogen-bond acceptors (Lipinski definition) is 7. The van der Waals surface area contributed by atoms with Crippen LogP contribution in [0.3, 0.4) is 0 Å². The third-order valence-electron chi connectivity index (χ3n) is 4.52. The first-order valence-electron chi connectivity index (χ1n) is 9.52. The van der Waals surface area contributed by atoms with Gasteiger partial charge in [0, 0.05) is 18.7 Å². The Morgan fingerprint density at radius 1 is 1.10 bits per heavy atom. The van der Waals surface area contributed by atoms with Crippen molar-refractivity contribution in [1.82, 2.24) is 14.4 Å². The number of hydrogen-bond donors (Lipinski definition) is 0.